The van der Waals surface area contributed by atoms with Crippen LogP contribution in [0.1, 0.15) is 62.3 Å². The van der Waals surface area contributed by atoms with Gasteiger partial charge in [0.2, 0.25) is 5.91 Å². The van der Waals surface area contributed by atoms with Gasteiger partial charge in [-0.25, -0.2) is 0 Å². The highest BCUT2D eigenvalue weighted by Gasteiger charge is 2.47. The number of nitrogens with zero attached hydrogens (tertiary/aromatic N) is 1. The smallest absolute Gasteiger partial charge is 0.229 e. The van der Waals surface area contributed by atoms with Gasteiger partial charge in [-0.15, -0.1) is 0 Å². The molecule has 0 N–H and O–H groups in total. The number of carbonyl (C=O) groups is 2. The van der Waals surface area contributed by atoms with Crippen molar-refractivity contribution in [3.05, 3.63) is 0 Å². The Morgan fingerprint density at radius 1 is 0.944 bits per heavy atom. The maximum Gasteiger partial charge on any atom is 0.229 e. The maximum absolute atomic E-state index is 12.3. The molecule has 0 spiro atoms. The molecule has 0 saturated carbocycles. The number of Topliss-reactive ketones (excluding diaryl/α,β-unsaturated/α-hetero) is 1. The van der Waals surface area contributed by atoms with Crippen molar-refractivity contribution < 1.29 is 9.59 Å². The fourth-order valence-electron chi connectivity index (χ4n) is 1.38. The van der Waals surface area contributed by atoms with E-state index in [0.717, 1.165) is 0 Å². The first-order chi connectivity index (χ1) is 7.96. The molecule has 0 aliphatic rings. The first-order valence-corrected chi connectivity index (χ1v) is 6.74. The van der Waals surface area contributed by atoms with Gasteiger partial charge in [0.15, 0.2) is 0 Å². The Morgan fingerprint density at radius 3 is 1.50 bits per heavy atom. The van der Waals surface area contributed by atoms with Crippen molar-refractivity contribution >= 4 is 11.7 Å². The molecule has 0 heterocycles. The lowest BCUT2D eigenvalue weighted by Crippen LogP contribution is -2.51. The van der Waals surface area contributed by atoms with Crippen molar-refractivity contribution in [3.63, 3.8) is 0 Å². The zero-order valence-corrected chi connectivity index (χ0v) is 13.8. The highest BCUT2D eigenvalue weighted by molar-refractivity contribution is 5.92. The van der Waals surface area contributed by atoms with Gasteiger partial charge in [-0.3, -0.25) is 9.59 Å². The van der Waals surface area contributed by atoms with Gasteiger partial charge in [0.1, 0.15) is 5.78 Å². The maximum atomic E-state index is 12.3. The predicted octanol–water partition coefficient (Wildman–Crippen LogP) is 3.52. The average Bonchev–Trinajstić information content (AvgIpc) is 2.28. The molecule has 0 radical (unpaired) electrons. The fraction of sp³-hybridized carbons (Fsp3) is 0.867. The lowest BCUT2D eigenvalue weighted by molar-refractivity contribution is -0.153. The minimum Gasteiger partial charge on any atom is -0.343 e. The first-order valence-electron chi connectivity index (χ1n) is 6.74. The van der Waals surface area contributed by atoms with Crippen LogP contribution < -0.4 is 0 Å². The van der Waals surface area contributed by atoms with E-state index in [4.69, 9.17) is 0 Å². The molecule has 0 aromatic heterocycles. The number of hydrogen-bond acceptors (Lipinski definition) is 2. The Labute approximate surface area is 113 Å². The van der Waals surface area contributed by atoms with E-state index in [1.165, 1.54) is 0 Å². The SMILES string of the molecule is CC.CC(=O)C(C)(C)C(C)(C)C(=O)N(C)C(C)C. The topological polar surface area (TPSA) is 37.4 Å². The minimum absolute atomic E-state index is 0.0164. The van der Waals surface area contributed by atoms with Crippen molar-refractivity contribution in [1.29, 1.82) is 0 Å². The van der Waals surface area contributed by atoms with Crippen LogP contribution in [0.5, 0.6) is 0 Å². The van der Waals surface area contributed by atoms with Crippen LogP contribution in [0.3, 0.4) is 0 Å². The van der Waals surface area contributed by atoms with Crippen molar-refractivity contribution in [2.75, 3.05) is 7.05 Å². The molecular weight excluding hydrogens is 226 g/mol. The van der Waals surface area contributed by atoms with Crippen LogP contribution in [0.15, 0.2) is 0 Å². The molecule has 0 aliphatic carbocycles. The molecule has 0 bridgehead atoms. The van der Waals surface area contributed by atoms with Crippen LogP contribution in [-0.2, 0) is 9.59 Å². The quantitative estimate of drug-likeness (QED) is 0.772. The molecule has 18 heavy (non-hydrogen) atoms. The van der Waals surface area contributed by atoms with Crippen molar-refractivity contribution in [3.8, 4) is 0 Å². The number of rotatable bonds is 4. The fourth-order valence-corrected chi connectivity index (χ4v) is 1.38. The van der Waals surface area contributed by atoms with Crippen molar-refractivity contribution in [1.82, 2.24) is 4.90 Å². The Hall–Kier alpha value is -0.860. The molecule has 3 heteroatoms. The van der Waals surface area contributed by atoms with E-state index in [1.807, 2.05) is 55.4 Å². The summed E-state index contributed by atoms with van der Waals surface area (Å²) in [5.74, 6) is 0.0608. The van der Waals surface area contributed by atoms with E-state index in [-0.39, 0.29) is 17.7 Å². The molecule has 0 rings (SSSR count). The summed E-state index contributed by atoms with van der Waals surface area (Å²) in [7, 11) is 1.78. The van der Waals surface area contributed by atoms with Crippen LogP contribution in [0.25, 0.3) is 0 Å². The highest BCUT2D eigenvalue weighted by atomic mass is 16.2. The van der Waals surface area contributed by atoms with Crippen LogP contribution in [0.4, 0.5) is 0 Å². The van der Waals surface area contributed by atoms with Crippen LogP contribution >= 0.6 is 0 Å². The molecule has 0 aliphatic heterocycles. The van der Waals surface area contributed by atoms with E-state index >= 15 is 0 Å². The number of amides is 1. The van der Waals surface area contributed by atoms with Gasteiger partial charge < -0.3 is 4.90 Å². The second-order valence-corrected chi connectivity index (χ2v) is 5.82. The molecule has 0 aromatic rings. The number of ketones is 1. The van der Waals surface area contributed by atoms with Crippen molar-refractivity contribution in [2.24, 2.45) is 10.8 Å². The lowest BCUT2D eigenvalue weighted by Gasteiger charge is -2.41. The normalized spacial score (nSPS) is 11.7. The summed E-state index contributed by atoms with van der Waals surface area (Å²) in [6.07, 6.45) is 0. The van der Waals surface area contributed by atoms with E-state index in [1.54, 1.807) is 18.9 Å². The monoisotopic (exact) mass is 257 g/mol. The zero-order valence-electron chi connectivity index (χ0n) is 13.8. The Kier molecular flexibility index (Phi) is 7.48. The van der Waals surface area contributed by atoms with Gasteiger partial charge in [-0.1, -0.05) is 41.5 Å². The molecule has 0 saturated heterocycles. The molecule has 0 aromatic carbocycles. The summed E-state index contributed by atoms with van der Waals surface area (Å²) in [4.78, 5) is 25.7. The average molecular weight is 257 g/mol. The van der Waals surface area contributed by atoms with Crippen molar-refractivity contribution in [2.45, 2.75) is 68.4 Å². The number of carbonyl (C=O) groups excluding carboxylic acids is 2. The molecule has 0 fully saturated rings. The summed E-state index contributed by atoms with van der Waals surface area (Å²) in [6.45, 7) is 16.8. The van der Waals surface area contributed by atoms with Gasteiger partial charge in [0.05, 0.1) is 5.41 Å². The van der Waals surface area contributed by atoms with E-state index < -0.39 is 10.8 Å². The van der Waals surface area contributed by atoms with E-state index in [9.17, 15) is 9.59 Å². The van der Waals surface area contributed by atoms with Crippen LogP contribution in [-0.4, -0.2) is 29.7 Å². The zero-order chi connectivity index (χ0) is 15.3. The molecule has 1 amide bonds. The summed E-state index contributed by atoms with van der Waals surface area (Å²) in [6, 6.07) is 0.148. The number of hydrogen-bond donors (Lipinski definition) is 0. The van der Waals surface area contributed by atoms with Gasteiger partial charge in [-0.2, -0.15) is 0 Å². The van der Waals surface area contributed by atoms with Gasteiger partial charge in [-0.05, 0) is 20.8 Å². The van der Waals surface area contributed by atoms with Crippen LogP contribution in [0.2, 0.25) is 0 Å². The third kappa shape index (κ3) is 3.82. The predicted molar refractivity (Wildman–Crippen MR) is 77.5 cm³/mol. The minimum atomic E-state index is -0.683. The highest BCUT2D eigenvalue weighted by Crippen LogP contribution is 2.40. The molecular formula is C15H31NO2. The second-order valence-electron chi connectivity index (χ2n) is 5.82. The molecule has 0 atom stereocenters. The third-order valence-electron chi connectivity index (χ3n) is 4.07. The van der Waals surface area contributed by atoms with Gasteiger partial charge in [0, 0.05) is 18.5 Å². The lowest BCUT2D eigenvalue weighted by atomic mass is 9.65. The molecule has 3 nitrogen and oxygen atoms in total. The largest absolute Gasteiger partial charge is 0.343 e. The first kappa shape index (κ1) is 19.5. The summed E-state index contributed by atoms with van der Waals surface area (Å²) in [5.41, 5.74) is -1.33. The van der Waals surface area contributed by atoms with E-state index in [2.05, 4.69) is 0 Å². The summed E-state index contributed by atoms with van der Waals surface area (Å²) >= 11 is 0. The van der Waals surface area contributed by atoms with Crippen LogP contribution in [0, 0.1) is 10.8 Å². The molecule has 0 unspecified atom stereocenters. The Balaban J connectivity index is 0. The second kappa shape index (κ2) is 6.91. The summed E-state index contributed by atoms with van der Waals surface area (Å²) < 4.78 is 0. The third-order valence-corrected chi connectivity index (χ3v) is 4.07. The standard InChI is InChI=1S/C13H25NO2.C2H6/c1-9(2)14(8)11(16)13(6,7)12(4,5)10(3)15;1-2/h9H,1-8H3;1-2H3. The van der Waals surface area contributed by atoms with E-state index in [0.29, 0.717) is 0 Å². The van der Waals surface area contributed by atoms with Gasteiger partial charge >= 0.3 is 0 Å². The van der Waals surface area contributed by atoms with Gasteiger partial charge in [0.25, 0.3) is 0 Å². The Morgan fingerprint density at radius 2 is 1.28 bits per heavy atom. The summed E-state index contributed by atoms with van der Waals surface area (Å²) in [5, 5.41) is 0. The Bertz CT molecular complexity index is 291. The molecule has 108 valence electrons.